The van der Waals surface area contributed by atoms with Gasteiger partial charge in [-0.05, 0) is 66.8 Å². The molecule has 1 aliphatic heterocycles. The van der Waals surface area contributed by atoms with Crippen LogP contribution in [0.3, 0.4) is 0 Å². The van der Waals surface area contributed by atoms with Crippen LogP contribution in [0.2, 0.25) is 0 Å². The van der Waals surface area contributed by atoms with E-state index in [2.05, 4.69) is 12.1 Å². The van der Waals surface area contributed by atoms with Crippen molar-refractivity contribution >= 4 is 15.7 Å². The zero-order valence-corrected chi connectivity index (χ0v) is 17.4. The van der Waals surface area contributed by atoms with Crippen LogP contribution >= 0.6 is 0 Å². The zero-order chi connectivity index (χ0) is 20.3. The highest BCUT2D eigenvalue weighted by molar-refractivity contribution is 7.92. The van der Waals surface area contributed by atoms with Gasteiger partial charge in [-0.1, -0.05) is 42.5 Å². The Balaban J connectivity index is 1.52. The summed E-state index contributed by atoms with van der Waals surface area (Å²) in [6, 6.07) is 23.0. The standard InChI is InChI=1S/C24H25NO3S/c1-19-7-5-11-23(17-19)29(26,27)25-15-6-10-21-18-22(12-13-24(21)25)28-16-14-20-8-3-2-4-9-20/h2-5,7-9,11-13,17-18H,6,10,14-16H2,1H3. The molecule has 0 spiro atoms. The number of fused-ring (bicyclic) bond motifs is 1. The first-order valence-corrected chi connectivity index (χ1v) is 11.4. The predicted molar refractivity (Wildman–Crippen MR) is 116 cm³/mol. The fourth-order valence-corrected chi connectivity index (χ4v) is 5.36. The molecule has 29 heavy (non-hydrogen) atoms. The van der Waals surface area contributed by atoms with Crippen molar-refractivity contribution in [2.24, 2.45) is 0 Å². The van der Waals surface area contributed by atoms with Crippen molar-refractivity contribution in [3.05, 3.63) is 89.5 Å². The van der Waals surface area contributed by atoms with Gasteiger partial charge in [-0.2, -0.15) is 0 Å². The molecule has 1 aliphatic rings. The Kier molecular flexibility index (Phi) is 5.58. The largest absolute Gasteiger partial charge is 0.493 e. The fraction of sp³-hybridized carbons (Fsp3) is 0.250. The first kappa shape index (κ1) is 19.5. The number of aryl methyl sites for hydroxylation is 2. The second-order valence-electron chi connectivity index (χ2n) is 7.37. The summed E-state index contributed by atoms with van der Waals surface area (Å²) >= 11 is 0. The molecule has 0 fully saturated rings. The fourth-order valence-electron chi connectivity index (χ4n) is 3.71. The van der Waals surface area contributed by atoms with E-state index in [9.17, 15) is 8.42 Å². The van der Waals surface area contributed by atoms with Gasteiger partial charge < -0.3 is 4.74 Å². The first-order valence-electron chi connectivity index (χ1n) is 9.93. The molecule has 4 nitrogen and oxygen atoms in total. The van der Waals surface area contributed by atoms with Crippen molar-refractivity contribution in [1.82, 2.24) is 0 Å². The van der Waals surface area contributed by atoms with Crippen LogP contribution in [-0.2, 0) is 22.9 Å². The summed E-state index contributed by atoms with van der Waals surface area (Å²) in [5.41, 5.74) is 3.95. The molecule has 5 heteroatoms. The summed E-state index contributed by atoms with van der Waals surface area (Å²) < 4.78 is 33.9. The zero-order valence-electron chi connectivity index (χ0n) is 16.5. The van der Waals surface area contributed by atoms with Gasteiger partial charge >= 0.3 is 0 Å². The first-order chi connectivity index (χ1) is 14.0. The van der Waals surface area contributed by atoms with Gasteiger partial charge in [-0.3, -0.25) is 4.31 Å². The molecule has 0 aliphatic carbocycles. The molecule has 0 radical (unpaired) electrons. The molecule has 0 N–H and O–H groups in total. The normalized spacial score (nSPS) is 13.8. The topological polar surface area (TPSA) is 46.6 Å². The Hall–Kier alpha value is -2.79. The van der Waals surface area contributed by atoms with Crippen LogP contribution < -0.4 is 9.04 Å². The van der Waals surface area contributed by atoms with Crippen molar-refractivity contribution in [3.8, 4) is 5.75 Å². The minimum atomic E-state index is -3.57. The molecule has 3 aromatic rings. The van der Waals surface area contributed by atoms with Gasteiger partial charge in [-0.25, -0.2) is 8.42 Å². The minimum Gasteiger partial charge on any atom is -0.493 e. The maximum Gasteiger partial charge on any atom is 0.264 e. The third-order valence-electron chi connectivity index (χ3n) is 5.21. The van der Waals surface area contributed by atoms with Gasteiger partial charge in [0.2, 0.25) is 0 Å². The number of hydrogen-bond acceptors (Lipinski definition) is 3. The monoisotopic (exact) mass is 407 g/mol. The minimum absolute atomic E-state index is 0.341. The molecule has 3 aromatic carbocycles. The second-order valence-corrected chi connectivity index (χ2v) is 9.23. The predicted octanol–water partition coefficient (Wildman–Crippen LogP) is 4.76. The average molecular weight is 408 g/mol. The number of anilines is 1. The molecular weight excluding hydrogens is 382 g/mol. The van der Waals surface area contributed by atoms with Gasteiger partial charge in [-0.15, -0.1) is 0 Å². The van der Waals surface area contributed by atoms with E-state index in [-0.39, 0.29) is 0 Å². The number of sulfonamides is 1. The summed E-state index contributed by atoms with van der Waals surface area (Å²) in [5, 5.41) is 0. The molecular formula is C24H25NO3S. The van der Waals surface area contributed by atoms with Crippen LogP contribution in [0, 0.1) is 6.92 Å². The van der Waals surface area contributed by atoms with E-state index in [4.69, 9.17) is 4.74 Å². The highest BCUT2D eigenvalue weighted by Gasteiger charge is 2.29. The number of benzene rings is 3. The Labute approximate surface area is 172 Å². The van der Waals surface area contributed by atoms with E-state index in [1.807, 2.05) is 49.4 Å². The third-order valence-corrected chi connectivity index (χ3v) is 7.02. The van der Waals surface area contributed by atoms with Crippen LogP contribution in [0.15, 0.2) is 77.7 Å². The SMILES string of the molecule is Cc1cccc(S(=O)(=O)N2CCCc3cc(OCCc4ccccc4)ccc32)c1. The van der Waals surface area contributed by atoms with E-state index < -0.39 is 10.0 Å². The van der Waals surface area contributed by atoms with Crippen LogP contribution in [-0.4, -0.2) is 21.6 Å². The van der Waals surface area contributed by atoms with Crippen LogP contribution in [0.4, 0.5) is 5.69 Å². The Bertz CT molecular complexity index is 1090. The molecule has 0 saturated carbocycles. The maximum absolute atomic E-state index is 13.2. The molecule has 150 valence electrons. The van der Waals surface area contributed by atoms with Crippen LogP contribution in [0.5, 0.6) is 5.75 Å². The summed E-state index contributed by atoms with van der Waals surface area (Å²) in [6.45, 7) is 2.99. The van der Waals surface area contributed by atoms with Crippen LogP contribution in [0.1, 0.15) is 23.1 Å². The van der Waals surface area contributed by atoms with Gasteiger partial charge in [0.15, 0.2) is 0 Å². The van der Waals surface area contributed by atoms with Crippen molar-refractivity contribution in [2.75, 3.05) is 17.5 Å². The smallest absolute Gasteiger partial charge is 0.264 e. The Morgan fingerprint density at radius 3 is 2.59 bits per heavy atom. The van der Waals surface area contributed by atoms with E-state index >= 15 is 0 Å². The third kappa shape index (κ3) is 4.30. The Morgan fingerprint density at radius 2 is 1.79 bits per heavy atom. The van der Waals surface area contributed by atoms with Crippen LogP contribution in [0.25, 0.3) is 0 Å². The molecule has 1 heterocycles. The van der Waals surface area contributed by atoms with Crippen molar-refractivity contribution in [3.63, 3.8) is 0 Å². The summed E-state index contributed by atoms with van der Waals surface area (Å²) in [6.07, 6.45) is 2.49. The molecule has 0 saturated heterocycles. The molecule has 0 unspecified atom stereocenters. The molecule has 0 amide bonds. The quantitative estimate of drug-likeness (QED) is 0.592. The van der Waals surface area contributed by atoms with Crippen molar-refractivity contribution < 1.29 is 13.2 Å². The van der Waals surface area contributed by atoms with E-state index in [0.29, 0.717) is 18.0 Å². The summed E-state index contributed by atoms with van der Waals surface area (Å²) in [7, 11) is -3.57. The maximum atomic E-state index is 13.2. The average Bonchev–Trinajstić information content (AvgIpc) is 2.74. The van der Waals surface area contributed by atoms with E-state index in [1.165, 1.54) is 9.87 Å². The van der Waals surface area contributed by atoms with Gasteiger partial charge in [0.25, 0.3) is 10.0 Å². The lowest BCUT2D eigenvalue weighted by molar-refractivity contribution is 0.321. The number of hydrogen-bond donors (Lipinski definition) is 0. The number of rotatable bonds is 6. The second kappa shape index (κ2) is 8.29. The van der Waals surface area contributed by atoms with Crippen molar-refractivity contribution in [2.45, 2.75) is 31.1 Å². The van der Waals surface area contributed by atoms with E-state index in [1.54, 1.807) is 18.2 Å². The molecule has 0 bridgehead atoms. The van der Waals surface area contributed by atoms with Gasteiger partial charge in [0.05, 0.1) is 17.2 Å². The molecule has 4 rings (SSSR count). The lowest BCUT2D eigenvalue weighted by Crippen LogP contribution is -2.35. The molecule has 0 atom stereocenters. The molecule has 0 aromatic heterocycles. The summed E-state index contributed by atoms with van der Waals surface area (Å²) in [5.74, 6) is 0.787. The van der Waals surface area contributed by atoms with E-state index in [0.717, 1.165) is 41.8 Å². The lowest BCUT2D eigenvalue weighted by Gasteiger charge is -2.31. The highest BCUT2D eigenvalue weighted by Crippen LogP contribution is 2.34. The van der Waals surface area contributed by atoms with Gasteiger partial charge in [0.1, 0.15) is 5.75 Å². The Morgan fingerprint density at radius 1 is 0.966 bits per heavy atom. The van der Waals surface area contributed by atoms with Gasteiger partial charge in [0, 0.05) is 13.0 Å². The lowest BCUT2D eigenvalue weighted by atomic mass is 10.0. The van der Waals surface area contributed by atoms with Crippen molar-refractivity contribution in [1.29, 1.82) is 0 Å². The number of ether oxygens (including phenoxy) is 1. The summed E-state index contributed by atoms with van der Waals surface area (Å²) in [4.78, 5) is 0.341. The number of nitrogens with zero attached hydrogens (tertiary/aromatic N) is 1. The highest BCUT2D eigenvalue weighted by atomic mass is 32.2.